The highest BCUT2D eigenvalue weighted by atomic mass is 35.5. The summed E-state index contributed by atoms with van der Waals surface area (Å²) in [7, 11) is 1.46. The standard InChI is InChI=1S/C25H37ClN6O5/c1-3-30-12-13-31(24(30)34)11-10-29-9-6-20(22(16-29)37-25(35)32-7-4-5-8-32)28-23(33)17-14-18(26)19(27)15-21(17)36-2/h14-15,20,22H,3-13,16,27H2,1-2H3,(H,28,33)/t20-,22+/m1/s1. The molecule has 0 saturated carbocycles. The lowest BCUT2D eigenvalue weighted by Gasteiger charge is -2.39. The van der Waals surface area contributed by atoms with Crippen LogP contribution in [0, 0.1) is 0 Å². The Morgan fingerprint density at radius 2 is 1.84 bits per heavy atom. The summed E-state index contributed by atoms with van der Waals surface area (Å²) in [6.07, 6.45) is 1.61. The van der Waals surface area contributed by atoms with E-state index in [9.17, 15) is 14.4 Å². The van der Waals surface area contributed by atoms with E-state index in [0.717, 1.165) is 25.9 Å². The van der Waals surface area contributed by atoms with E-state index in [4.69, 9.17) is 26.8 Å². The largest absolute Gasteiger partial charge is 0.496 e. The molecule has 12 heteroatoms. The first-order chi connectivity index (χ1) is 17.8. The van der Waals surface area contributed by atoms with E-state index < -0.39 is 6.10 Å². The van der Waals surface area contributed by atoms with Crippen molar-refractivity contribution in [3.05, 3.63) is 22.7 Å². The second kappa shape index (κ2) is 12.1. The lowest BCUT2D eigenvalue weighted by Crippen LogP contribution is -2.57. The molecule has 4 rings (SSSR count). The third-order valence-electron chi connectivity index (χ3n) is 7.39. The first kappa shape index (κ1) is 27.1. The lowest BCUT2D eigenvalue weighted by atomic mass is 10.0. The minimum atomic E-state index is -0.539. The molecule has 0 aliphatic carbocycles. The molecule has 0 unspecified atom stereocenters. The number of rotatable bonds is 8. The smallest absolute Gasteiger partial charge is 0.410 e. The van der Waals surface area contributed by atoms with Crippen molar-refractivity contribution in [1.82, 2.24) is 24.9 Å². The van der Waals surface area contributed by atoms with Crippen LogP contribution in [0.15, 0.2) is 12.1 Å². The summed E-state index contributed by atoms with van der Waals surface area (Å²) in [5.74, 6) is -0.0550. The zero-order valence-corrected chi connectivity index (χ0v) is 22.3. The number of nitrogens with one attached hydrogen (secondary N) is 1. The molecule has 3 N–H and O–H groups in total. The Labute approximate surface area is 222 Å². The number of benzene rings is 1. The zero-order valence-electron chi connectivity index (χ0n) is 21.6. The van der Waals surface area contributed by atoms with Gasteiger partial charge < -0.3 is 35.2 Å². The Hall–Kier alpha value is -2.92. The number of likely N-dealkylation sites (tertiary alicyclic amines) is 2. The molecule has 1 aromatic rings. The van der Waals surface area contributed by atoms with E-state index in [2.05, 4.69) is 10.2 Å². The maximum Gasteiger partial charge on any atom is 0.410 e. The van der Waals surface area contributed by atoms with Gasteiger partial charge in [-0.1, -0.05) is 11.6 Å². The van der Waals surface area contributed by atoms with Crippen LogP contribution in [0.2, 0.25) is 5.02 Å². The van der Waals surface area contributed by atoms with Crippen LogP contribution in [0.5, 0.6) is 5.75 Å². The SMILES string of the molecule is CCN1CCN(CCN2CC[C@@H](NC(=O)c3cc(Cl)c(N)cc3OC)[C@@H](OC(=O)N3CCCC3)C2)C1=O. The number of hydrogen-bond acceptors (Lipinski definition) is 7. The van der Waals surface area contributed by atoms with Crippen LogP contribution in [0.4, 0.5) is 15.3 Å². The van der Waals surface area contributed by atoms with E-state index in [1.807, 2.05) is 16.7 Å². The fraction of sp³-hybridized carbons (Fsp3) is 0.640. The first-order valence-corrected chi connectivity index (χ1v) is 13.3. The van der Waals surface area contributed by atoms with Gasteiger partial charge in [0.15, 0.2) is 0 Å². The van der Waals surface area contributed by atoms with Gasteiger partial charge in [0.05, 0.1) is 29.4 Å². The molecule has 1 aromatic carbocycles. The van der Waals surface area contributed by atoms with Crippen molar-refractivity contribution >= 4 is 35.3 Å². The molecule has 0 aromatic heterocycles. The Morgan fingerprint density at radius 1 is 1.11 bits per heavy atom. The van der Waals surface area contributed by atoms with Gasteiger partial charge in [-0.2, -0.15) is 0 Å². The number of anilines is 1. The maximum atomic E-state index is 13.2. The number of nitrogens with two attached hydrogens (primary N) is 1. The number of ether oxygens (including phenoxy) is 2. The third kappa shape index (κ3) is 6.32. The van der Waals surface area contributed by atoms with E-state index >= 15 is 0 Å². The van der Waals surface area contributed by atoms with E-state index in [1.54, 1.807) is 4.90 Å². The average Bonchev–Trinajstić information content (AvgIpc) is 3.55. The molecule has 37 heavy (non-hydrogen) atoms. The molecule has 3 aliphatic heterocycles. The Kier molecular flexibility index (Phi) is 8.86. The fourth-order valence-corrected chi connectivity index (χ4v) is 5.29. The first-order valence-electron chi connectivity index (χ1n) is 13.0. The van der Waals surface area contributed by atoms with Gasteiger partial charge in [0, 0.05) is 65.0 Å². The van der Waals surface area contributed by atoms with E-state index in [0.29, 0.717) is 63.7 Å². The summed E-state index contributed by atoms with van der Waals surface area (Å²) < 4.78 is 11.3. The number of nitrogens with zero attached hydrogens (tertiary/aromatic N) is 4. The van der Waals surface area contributed by atoms with Crippen LogP contribution < -0.4 is 15.8 Å². The second-order valence-corrected chi connectivity index (χ2v) is 10.1. The van der Waals surface area contributed by atoms with Gasteiger partial charge in [-0.05, 0) is 32.3 Å². The van der Waals surface area contributed by atoms with E-state index in [1.165, 1.54) is 19.2 Å². The van der Waals surface area contributed by atoms with Crippen LogP contribution >= 0.6 is 11.6 Å². The number of methoxy groups -OCH3 is 1. The number of halogens is 1. The van der Waals surface area contributed by atoms with Crippen molar-refractivity contribution < 1.29 is 23.9 Å². The molecule has 11 nitrogen and oxygen atoms in total. The summed E-state index contributed by atoms with van der Waals surface area (Å²) in [6.45, 7) is 7.95. The molecule has 204 valence electrons. The predicted octanol–water partition coefficient (Wildman–Crippen LogP) is 2.09. The molecule has 3 aliphatic rings. The summed E-state index contributed by atoms with van der Waals surface area (Å²) in [4.78, 5) is 46.1. The van der Waals surface area contributed by atoms with Crippen molar-refractivity contribution in [3.63, 3.8) is 0 Å². The van der Waals surface area contributed by atoms with Gasteiger partial charge in [-0.25, -0.2) is 9.59 Å². The molecule has 3 fully saturated rings. The van der Waals surface area contributed by atoms with E-state index in [-0.39, 0.29) is 34.7 Å². The molecular weight excluding hydrogens is 500 g/mol. The molecule has 4 amide bonds. The number of carbonyl (C=O) groups is 3. The molecule has 3 saturated heterocycles. The minimum Gasteiger partial charge on any atom is -0.496 e. The number of hydrogen-bond donors (Lipinski definition) is 2. The van der Waals surface area contributed by atoms with Crippen molar-refractivity contribution in [2.45, 2.75) is 38.3 Å². The fourth-order valence-electron chi connectivity index (χ4n) is 5.13. The zero-order chi connectivity index (χ0) is 26.5. The summed E-state index contributed by atoms with van der Waals surface area (Å²) in [5, 5.41) is 3.29. The van der Waals surface area contributed by atoms with Crippen LogP contribution in [-0.4, -0.2) is 116 Å². The number of urea groups is 1. The highest BCUT2D eigenvalue weighted by Crippen LogP contribution is 2.29. The highest BCUT2D eigenvalue weighted by molar-refractivity contribution is 6.33. The predicted molar refractivity (Wildman–Crippen MR) is 140 cm³/mol. The maximum absolute atomic E-state index is 13.2. The Bertz CT molecular complexity index is 1000. The third-order valence-corrected chi connectivity index (χ3v) is 7.72. The topological polar surface area (TPSA) is 121 Å². The number of carbonyl (C=O) groups excluding carboxylic acids is 3. The number of amides is 4. The molecule has 2 atom stereocenters. The summed E-state index contributed by atoms with van der Waals surface area (Å²) >= 11 is 6.16. The monoisotopic (exact) mass is 536 g/mol. The quantitative estimate of drug-likeness (QED) is 0.488. The van der Waals surface area contributed by atoms with Crippen molar-refractivity contribution in [2.75, 3.05) is 71.7 Å². The van der Waals surface area contributed by atoms with Crippen molar-refractivity contribution in [1.29, 1.82) is 0 Å². The molecule has 3 heterocycles. The summed E-state index contributed by atoms with van der Waals surface area (Å²) in [6, 6.07) is 2.68. The van der Waals surface area contributed by atoms with Gasteiger partial charge in [0.2, 0.25) is 0 Å². The molecule has 0 spiro atoms. The number of likely N-dealkylation sites (N-methyl/N-ethyl adjacent to an activating group) is 1. The van der Waals surface area contributed by atoms with Crippen molar-refractivity contribution in [3.8, 4) is 5.75 Å². The van der Waals surface area contributed by atoms with Gasteiger partial charge >= 0.3 is 12.1 Å². The van der Waals surface area contributed by atoms with Crippen molar-refractivity contribution in [2.24, 2.45) is 0 Å². The second-order valence-electron chi connectivity index (χ2n) is 9.71. The Balaban J connectivity index is 1.43. The van der Waals surface area contributed by atoms with Gasteiger partial charge in [-0.3, -0.25) is 9.69 Å². The highest BCUT2D eigenvalue weighted by Gasteiger charge is 2.36. The number of nitrogen functional groups attached to an aromatic ring is 1. The normalized spacial score (nSPS) is 22.5. The Morgan fingerprint density at radius 3 is 2.51 bits per heavy atom. The lowest BCUT2D eigenvalue weighted by molar-refractivity contribution is 0.00439. The van der Waals surface area contributed by atoms with Crippen LogP contribution in [0.1, 0.15) is 36.5 Å². The molecule has 0 radical (unpaired) electrons. The van der Waals surface area contributed by atoms with Crippen LogP contribution in [0.3, 0.4) is 0 Å². The van der Waals surface area contributed by atoms with Gasteiger partial charge in [-0.15, -0.1) is 0 Å². The summed E-state index contributed by atoms with van der Waals surface area (Å²) in [5.41, 5.74) is 6.45. The van der Waals surface area contributed by atoms with Gasteiger partial charge in [0.1, 0.15) is 11.9 Å². The van der Waals surface area contributed by atoms with Crippen LogP contribution in [0.25, 0.3) is 0 Å². The average molecular weight is 537 g/mol. The molecule has 0 bridgehead atoms. The minimum absolute atomic E-state index is 0.0674. The number of piperidine rings is 1. The molecular formula is C25H37ClN6O5. The van der Waals surface area contributed by atoms with Gasteiger partial charge in [0.25, 0.3) is 5.91 Å². The van der Waals surface area contributed by atoms with Crippen LogP contribution in [-0.2, 0) is 4.74 Å².